The molecule has 1 unspecified atom stereocenters. The van der Waals surface area contributed by atoms with E-state index < -0.39 is 20.0 Å². The zero-order valence-electron chi connectivity index (χ0n) is 29.0. The Hall–Kier alpha value is -4.94. The highest BCUT2D eigenvalue weighted by molar-refractivity contribution is 6.71. The molecule has 4 aromatic carbocycles. The van der Waals surface area contributed by atoms with Crippen molar-refractivity contribution in [3.63, 3.8) is 0 Å². The van der Waals surface area contributed by atoms with Crippen LogP contribution in [0.15, 0.2) is 115 Å². The van der Waals surface area contributed by atoms with Crippen molar-refractivity contribution in [3.05, 3.63) is 143 Å². The van der Waals surface area contributed by atoms with Gasteiger partial charge >= 0.3 is 0 Å². The predicted molar refractivity (Wildman–Crippen MR) is 198 cm³/mol. The number of hydrogen-bond acceptors (Lipinski definition) is 7. The number of aromatic nitrogens is 3. The summed E-state index contributed by atoms with van der Waals surface area (Å²) < 4.78 is 8.73. The van der Waals surface area contributed by atoms with Crippen molar-refractivity contribution in [1.29, 1.82) is 0 Å². The molecule has 5 atom stereocenters. The number of aliphatic hydroxyl groups is 1. The Kier molecular flexibility index (Phi) is 9.47. The number of fused-ring (bicyclic) bond motifs is 2. The highest BCUT2D eigenvalue weighted by Gasteiger charge is 2.66. The number of carbonyl (C=O) groups is 2. The number of nitrogens with one attached hydrogen (secondary N) is 1. The second-order valence-electron chi connectivity index (χ2n) is 14.1. The highest BCUT2D eigenvalue weighted by Crippen LogP contribution is 2.59. The lowest BCUT2D eigenvalue weighted by Gasteiger charge is -2.32. The van der Waals surface area contributed by atoms with Crippen LogP contribution >= 0.6 is 0 Å². The Morgan fingerprint density at radius 3 is 2.31 bits per heavy atom. The second-order valence-corrected chi connectivity index (χ2v) is 18.1. The molecule has 0 radical (unpaired) electrons. The summed E-state index contributed by atoms with van der Waals surface area (Å²) in [5.41, 5.74) is 3.93. The molecule has 0 saturated carbocycles. The summed E-state index contributed by atoms with van der Waals surface area (Å²) >= 11 is 0. The standard InChI is InChI=1S/C40H43N5O5Si/c1-27-37(51(2,3)49)36(22-23-44-25-34(42-43-44)32(26-46)29-12-6-4-7-13-29)50-40(27)33-16-10-11-17-35(33)45(39(40)48)24-28-18-20-31(21-19-28)41-38(47)30-14-8-5-9-15-30/h4-21,25,27,32,36-37,46,49H,22-24,26H2,1-3H3,(H,41,47)/t27-,32?,36+,37-,40+/m0/s1. The largest absolute Gasteiger partial charge is 0.432 e. The summed E-state index contributed by atoms with van der Waals surface area (Å²) in [6.45, 7) is 6.59. The lowest BCUT2D eigenvalue weighted by molar-refractivity contribution is -0.146. The van der Waals surface area contributed by atoms with Crippen LogP contribution < -0.4 is 10.2 Å². The SMILES string of the molecule is C[C@H]1[C@H]([Si](C)(C)O)[C@@H](CCn2cc(C(CO)c3ccccc3)nn2)O[C@]12C(=O)N(Cc1ccc(NC(=O)c3ccccc3)cc1)c1ccccc12. The third-order valence-electron chi connectivity index (χ3n) is 10.4. The number of para-hydroxylation sites is 1. The molecule has 1 saturated heterocycles. The van der Waals surface area contributed by atoms with E-state index >= 15 is 0 Å². The van der Waals surface area contributed by atoms with Crippen molar-refractivity contribution in [3.8, 4) is 0 Å². The molecule has 1 aromatic heterocycles. The summed E-state index contributed by atoms with van der Waals surface area (Å²) in [6, 6.07) is 34.1. The normalized spacial score (nSPS) is 21.9. The van der Waals surface area contributed by atoms with Gasteiger partial charge in [0.2, 0.25) is 0 Å². The van der Waals surface area contributed by atoms with Crippen LogP contribution in [0.2, 0.25) is 18.6 Å². The van der Waals surface area contributed by atoms with Crippen molar-refractivity contribution < 1.29 is 24.2 Å². The quantitative estimate of drug-likeness (QED) is 0.142. The topological polar surface area (TPSA) is 130 Å². The first-order valence-electron chi connectivity index (χ1n) is 17.4. The van der Waals surface area contributed by atoms with Gasteiger partial charge in [-0.25, -0.2) is 0 Å². The lowest BCUT2D eigenvalue weighted by atomic mass is 9.82. The van der Waals surface area contributed by atoms with Crippen molar-refractivity contribution >= 4 is 31.5 Å². The number of amides is 2. The molecule has 11 heteroatoms. The van der Waals surface area contributed by atoms with E-state index in [2.05, 4.69) is 15.6 Å². The van der Waals surface area contributed by atoms with Crippen LogP contribution in [0.4, 0.5) is 11.4 Å². The van der Waals surface area contributed by atoms with Crippen LogP contribution in [0.5, 0.6) is 0 Å². The molecule has 2 aliphatic heterocycles. The zero-order valence-corrected chi connectivity index (χ0v) is 30.0. The average molecular weight is 702 g/mol. The van der Waals surface area contributed by atoms with Gasteiger partial charge in [-0.2, -0.15) is 0 Å². The molecule has 51 heavy (non-hydrogen) atoms. The number of rotatable bonds is 11. The predicted octanol–water partition coefficient (Wildman–Crippen LogP) is 6.09. The molecular formula is C40H43N5O5Si. The maximum atomic E-state index is 14.7. The molecule has 2 amide bonds. The van der Waals surface area contributed by atoms with E-state index in [1.807, 2.05) is 123 Å². The van der Waals surface area contributed by atoms with Gasteiger partial charge < -0.3 is 24.9 Å². The van der Waals surface area contributed by atoms with Crippen molar-refractivity contribution in [1.82, 2.24) is 15.0 Å². The molecular weight excluding hydrogens is 659 g/mol. The Balaban J connectivity index is 1.11. The Labute approximate surface area is 298 Å². The van der Waals surface area contributed by atoms with Gasteiger partial charge in [-0.3, -0.25) is 14.3 Å². The summed E-state index contributed by atoms with van der Waals surface area (Å²) in [4.78, 5) is 40.9. The van der Waals surface area contributed by atoms with Crippen LogP contribution in [0.25, 0.3) is 0 Å². The van der Waals surface area contributed by atoms with Gasteiger partial charge in [-0.15, -0.1) is 5.10 Å². The van der Waals surface area contributed by atoms with E-state index in [0.29, 0.717) is 36.5 Å². The Morgan fingerprint density at radius 1 is 0.961 bits per heavy atom. The first-order valence-corrected chi connectivity index (χ1v) is 20.5. The number of nitrogens with zero attached hydrogens (tertiary/aromatic N) is 4. The van der Waals surface area contributed by atoms with Gasteiger partial charge in [0.05, 0.1) is 36.6 Å². The van der Waals surface area contributed by atoms with E-state index in [4.69, 9.17) is 4.74 Å². The molecule has 0 bridgehead atoms. The van der Waals surface area contributed by atoms with Crippen LogP contribution in [-0.2, 0) is 28.2 Å². The maximum Gasteiger partial charge on any atom is 0.264 e. The van der Waals surface area contributed by atoms with E-state index in [-0.39, 0.29) is 35.8 Å². The molecule has 1 fully saturated rings. The maximum absolute atomic E-state index is 14.7. The third kappa shape index (κ3) is 6.54. The van der Waals surface area contributed by atoms with Crippen molar-refractivity contribution in [2.24, 2.45) is 5.92 Å². The van der Waals surface area contributed by atoms with E-state index in [1.54, 1.807) is 21.7 Å². The Bertz CT molecular complexity index is 2000. The van der Waals surface area contributed by atoms with Crippen LogP contribution in [0.1, 0.15) is 52.0 Å². The fourth-order valence-corrected chi connectivity index (χ4v) is 10.6. The summed E-state index contributed by atoms with van der Waals surface area (Å²) in [5.74, 6) is -0.899. The van der Waals surface area contributed by atoms with Crippen LogP contribution in [-0.4, -0.2) is 57.7 Å². The molecule has 1 spiro atoms. The lowest BCUT2D eigenvalue weighted by Crippen LogP contribution is -2.46. The summed E-state index contributed by atoms with van der Waals surface area (Å²) in [6.07, 6.45) is 1.98. The van der Waals surface area contributed by atoms with Gasteiger partial charge in [0.15, 0.2) is 13.9 Å². The number of aliphatic hydroxyl groups excluding tert-OH is 1. The van der Waals surface area contributed by atoms with Gasteiger partial charge in [0, 0.05) is 41.0 Å². The Morgan fingerprint density at radius 2 is 1.63 bits per heavy atom. The number of carbonyl (C=O) groups excluding carboxylic acids is 2. The molecule has 3 N–H and O–H groups in total. The zero-order chi connectivity index (χ0) is 35.8. The van der Waals surface area contributed by atoms with Gasteiger partial charge in [0.25, 0.3) is 11.8 Å². The number of anilines is 2. The first kappa shape index (κ1) is 34.5. The molecule has 3 heterocycles. The molecule has 7 rings (SSSR count). The molecule has 10 nitrogen and oxygen atoms in total. The second kappa shape index (κ2) is 14.0. The summed E-state index contributed by atoms with van der Waals surface area (Å²) in [5, 5.41) is 21.8. The van der Waals surface area contributed by atoms with E-state index in [9.17, 15) is 19.5 Å². The van der Waals surface area contributed by atoms with Gasteiger partial charge in [0.1, 0.15) is 0 Å². The number of hydrogen-bond donors (Lipinski definition) is 3. The molecule has 0 aliphatic carbocycles. The fraction of sp³-hybridized carbons (Fsp3) is 0.300. The molecule has 262 valence electrons. The summed E-state index contributed by atoms with van der Waals surface area (Å²) in [7, 11) is -2.84. The first-order chi connectivity index (χ1) is 24.6. The van der Waals surface area contributed by atoms with Crippen molar-refractivity contribution in [2.75, 3.05) is 16.8 Å². The van der Waals surface area contributed by atoms with Gasteiger partial charge in [-0.05, 0) is 61.0 Å². The van der Waals surface area contributed by atoms with Gasteiger partial charge in [-0.1, -0.05) is 91.0 Å². The van der Waals surface area contributed by atoms with Crippen LogP contribution in [0.3, 0.4) is 0 Å². The number of ether oxygens (including phenoxy) is 1. The van der Waals surface area contributed by atoms with Crippen LogP contribution in [0, 0.1) is 5.92 Å². The highest BCUT2D eigenvalue weighted by atomic mass is 28.4. The minimum atomic E-state index is -2.84. The minimum absolute atomic E-state index is 0.0894. The van der Waals surface area contributed by atoms with Crippen molar-refractivity contribution in [2.45, 2.75) is 62.7 Å². The smallest absolute Gasteiger partial charge is 0.264 e. The minimum Gasteiger partial charge on any atom is -0.432 e. The molecule has 5 aromatic rings. The fourth-order valence-electron chi connectivity index (χ4n) is 8.02. The monoisotopic (exact) mass is 701 g/mol. The number of benzene rings is 4. The van der Waals surface area contributed by atoms with E-state index in [1.165, 1.54) is 0 Å². The molecule has 2 aliphatic rings. The van der Waals surface area contributed by atoms with E-state index in [0.717, 1.165) is 22.4 Å². The average Bonchev–Trinajstić information content (AvgIpc) is 3.79. The third-order valence-corrected chi connectivity index (χ3v) is 12.9. The number of aryl methyl sites for hydroxylation is 1.